The molecule has 2 aromatic carbocycles. The molecule has 1 fully saturated rings. The summed E-state index contributed by atoms with van der Waals surface area (Å²) in [6, 6.07) is 16.2. The number of hydrogen-bond acceptors (Lipinski definition) is 6. The molecule has 0 aliphatic carbocycles. The maximum Gasteiger partial charge on any atom is 0.351 e. The van der Waals surface area contributed by atoms with Gasteiger partial charge in [-0.05, 0) is 35.2 Å². The third-order valence-electron chi connectivity index (χ3n) is 5.70. The Balaban J connectivity index is 1.42. The van der Waals surface area contributed by atoms with E-state index < -0.39 is 0 Å². The molecule has 1 aromatic heterocycles. The molecule has 3 aromatic rings. The second-order valence-corrected chi connectivity index (χ2v) is 7.64. The summed E-state index contributed by atoms with van der Waals surface area (Å²) in [5, 5.41) is 0. The molecule has 0 amide bonds. The van der Waals surface area contributed by atoms with Crippen LogP contribution < -0.4 is 15.2 Å². The third kappa shape index (κ3) is 4.06. The van der Waals surface area contributed by atoms with Crippen LogP contribution in [0.4, 0.5) is 0 Å². The number of hydrogen-bond donors (Lipinski definition) is 0. The van der Waals surface area contributed by atoms with E-state index in [0.717, 1.165) is 34.6 Å². The molecule has 2 aliphatic rings. The monoisotopic (exact) mass is 420 g/mol. The van der Waals surface area contributed by atoms with Gasteiger partial charge in [-0.3, -0.25) is 4.57 Å². The molecule has 0 bridgehead atoms. The van der Waals surface area contributed by atoms with E-state index in [9.17, 15) is 4.79 Å². The van der Waals surface area contributed by atoms with Crippen LogP contribution in [0.25, 0.3) is 22.4 Å². The normalized spacial score (nSPS) is 17.5. The molecule has 2 aliphatic heterocycles. The molecular formula is C24H24N2O5. The standard InChI is InChI=1S/C24H24N2O5/c1-28-19-5-2-16(3-6-19)17-4-7-21-18(12-17)8-9-26-22(21)13-23(25-24(26)27)31-15-20-14-29-10-11-30-20/h2-7,12-13,20H,8-11,14-15H2,1H3. The fourth-order valence-corrected chi connectivity index (χ4v) is 4.05. The molecular weight excluding hydrogens is 396 g/mol. The largest absolute Gasteiger partial charge is 0.497 e. The lowest BCUT2D eigenvalue weighted by Crippen LogP contribution is -2.34. The van der Waals surface area contributed by atoms with Crippen molar-refractivity contribution in [2.45, 2.75) is 19.1 Å². The number of nitrogens with zero attached hydrogens (tertiary/aromatic N) is 2. The van der Waals surface area contributed by atoms with E-state index in [1.54, 1.807) is 11.7 Å². The molecule has 0 spiro atoms. The van der Waals surface area contributed by atoms with Gasteiger partial charge in [-0.15, -0.1) is 0 Å². The Morgan fingerprint density at radius 3 is 2.71 bits per heavy atom. The second-order valence-electron chi connectivity index (χ2n) is 7.64. The molecule has 0 N–H and O–H groups in total. The molecule has 1 unspecified atom stereocenters. The summed E-state index contributed by atoms with van der Waals surface area (Å²) in [7, 11) is 1.66. The zero-order valence-corrected chi connectivity index (χ0v) is 17.4. The Labute approximate surface area is 180 Å². The van der Waals surface area contributed by atoms with E-state index in [1.165, 1.54) is 5.56 Å². The smallest absolute Gasteiger partial charge is 0.351 e. The Morgan fingerprint density at radius 1 is 1.10 bits per heavy atom. The molecule has 160 valence electrons. The van der Waals surface area contributed by atoms with E-state index >= 15 is 0 Å². The number of aromatic nitrogens is 2. The van der Waals surface area contributed by atoms with Crippen molar-refractivity contribution in [3.63, 3.8) is 0 Å². The van der Waals surface area contributed by atoms with Crippen molar-refractivity contribution < 1.29 is 18.9 Å². The number of methoxy groups -OCH3 is 1. The average Bonchev–Trinajstić information content (AvgIpc) is 2.83. The Kier molecular flexibility index (Phi) is 5.44. The minimum absolute atomic E-state index is 0.145. The van der Waals surface area contributed by atoms with Gasteiger partial charge in [0.15, 0.2) is 0 Å². The molecule has 7 heteroatoms. The molecule has 0 saturated carbocycles. The number of benzene rings is 2. The lowest BCUT2D eigenvalue weighted by Gasteiger charge is -2.24. The Hall–Kier alpha value is -3.16. The first kappa shape index (κ1) is 19.8. The van der Waals surface area contributed by atoms with Crippen molar-refractivity contribution in [1.82, 2.24) is 9.55 Å². The highest BCUT2D eigenvalue weighted by atomic mass is 16.6. The summed E-state index contributed by atoms with van der Waals surface area (Å²) in [6.45, 7) is 2.54. The first-order valence-electron chi connectivity index (χ1n) is 10.4. The fourth-order valence-electron chi connectivity index (χ4n) is 4.05. The number of fused-ring (bicyclic) bond motifs is 3. The van der Waals surface area contributed by atoms with Crippen LogP contribution in [0.2, 0.25) is 0 Å². The van der Waals surface area contributed by atoms with E-state index in [2.05, 4.69) is 35.3 Å². The number of aryl methyl sites for hydroxylation is 1. The van der Waals surface area contributed by atoms with Gasteiger partial charge in [0.25, 0.3) is 0 Å². The van der Waals surface area contributed by atoms with Gasteiger partial charge in [-0.25, -0.2) is 4.79 Å². The number of rotatable bonds is 5. The van der Waals surface area contributed by atoms with E-state index in [1.807, 2.05) is 18.2 Å². The van der Waals surface area contributed by atoms with Crippen LogP contribution in [-0.2, 0) is 22.4 Å². The summed E-state index contributed by atoms with van der Waals surface area (Å²) in [4.78, 5) is 16.7. The second kappa shape index (κ2) is 8.53. The lowest BCUT2D eigenvalue weighted by atomic mass is 9.93. The van der Waals surface area contributed by atoms with Crippen LogP contribution in [0, 0.1) is 0 Å². The van der Waals surface area contributed by atoms with Crippen LogP contribution in [0.15, 0.2) is 53.3 Å². The SMILES string of the molecule is COc1ccc(-c2ccc3c(c2)CCn2c-3cc(OCC3COCCO3)nc2=O)cc1. The number of ether oxygens (including phenoxy) is 4. The highest BCUT2D eigenvalue weighted by molar-refractivity contribution is 5.73. The van der Waals surface area contributed by atoms with Gasteiger partial charge in [0.2, 0.25) is 5.88 Å². The van der Waals surface area contributed by atoms with Gasteiger partial charge in [0.1, 0.15) is 18.5 Å². The molecule has 0 radical (unpaired) electrons. The van der Waals surface area contributed by atoms with Crippen LogP contribution in [0.5, 0.6) is 11.6 Å². The Morgan fingerprint density at radius 2 is 1.94 bits per heavy atom. The van der Waals surface area contributed by atoms with E-state index in [-0.39, 0.29) is 11.8 Å². The van der Waals surface area contributed by atoms with Crippen LogP contribution >= 0.6 is 0 Å². The van der Waals surface area contributed by atoms with Crippen molar-refractivity contribution >= 4 is 0 Å². The van der Waals surface area contributed by atoms with Crippen molar-refractivity contribution in [2.24, 2.45) is 0 Å². The summed E-state index contributed by atoms with van der Waals surface area (Å²) in [6.07, 6.45) is 0.634. The summed E-state index contributed by atoms with van der Waals surface area (Å²) >= 11 is 0. The van der Waals surface area contributed by atoms with E-state index in [0.29, 0.717) is 38.9 Å². The van der Waals surface area contributed by atoms with Crippen LogP contribution in [0.3, 0.4) is 0 Å². The van der Waals surface area contributed by atoms with Crippen molar-refractivity contribution in [1.29, 1.82) is 0 Å². The summed E-state index contributed by atoms with van der Waals surface area (Å²) in [5.74, 6) is 1.15. The van der Waals surface area contributed by atoms with Crippen molar-refractivity contribution in [2.75, 3.05) is 33.5 Å². The quantitative estimate of drug-likeness (QED) is 0.632. The highest BCUT2D eigenvalue weighted by Crippen LogP contribution is 2.33. The summed E-state index contributed by atoms with van der Waals surface area (Å²) in [5.41, 5.74) is 5.03. The first-order valence-corrected chi connectivity index (χ1v) is 10.4. The highest BCUT2D eigenvalue weighted by Gasteiger charge is 2.21. The predicted molar refractivity (Wildman–Crippen MR) is 116 cm³/mol. The van der Waals surface area contributed by atoms with Gasteiger partial charge in [-0.1, -0.05) is 30.3 Å². The molecule has 1 saturated heterocycles. The van der Waals surface area contributed by atoms with Crippen LogP contribution in [-0.4, -0.2) is 49.2 Å². The predicted octanol–water partition coefficient (Wildman–Crippen LogP) is 2.94. The zero-order chi connectivity index (χ0) is 21.2. The average molecular weight is 420 g/mol. The molecule has 5 rings (SSSR count). The van der Waals surface area contributed by atoms with Gasteiger partial charge in [-0.2, -0.15) is 4.98 Å². The fraction of sp³-hybridized carbons (Fsp3) is 0.333. The lowest BCUT2D eigenvalue weighted by molar-refractivity contribution is -0.102. The van der Waals surface area contributed by atoms with Gasteiger partial charge >= 0.3 is 5.69 Å². The van der Waals surface area contributed by atoms with Crippen LogP contribution in [0.1, 0.15) is 5.56 Å². The molecule has 3 heterocycles. The minimum atomic E-state index is -0.293. The van der Waals surface area contributed by atoms with Gasteiger partial charge in [0, 0.05) is 18.2 Å². The molecule has 31 heavy (non-hydrogen) atoms. The van der Waals surface area contributed by atoms with Gasteiger partial charge in [0.05, 0.1) is 32.6 Å². The van der Waals surface area contributed by atoms with Gasteiger partial charge < -0.3 is 18.9 Å². The topological polar surface area (TPSA) is 71.8 Å². The maximum atomic E-state index is 12.6. The maximum absolute atomic E-state index is 12.6. The molecule has 7 nitrogen and oxygen atoms in total. The third-order valence-corrected chi connectivity index (χ3v) is 5.70. The first-order chi connectivity index (χ1) is 15.2. The summed E-state index contributed by atoms with van der Waals surface area (Å²) < 4.78 is 23.7. The Bertz CT molecular complexity index is 1130. The molecule has 1 atom stereocenters. The van der Waals surface area contributed by atoms with E-state index in [4.69, 9.17) is 18.9 Å². The zero-order valence-electron chi connectivity index (χ0n) is 17.4. The minimum Gasteiger partial charge on any atom is -0.497 e. The van der Waals surface area contributed by atoms with Crippen molar-refractivity contribution in [3.8, 4) is 34.0 Å². The van der Waals surface area contributed by atoms with Crippen molar-refractivity contribution in [3.05, 3.63) is 64.6 Å².